The standard InChI is InChI=1S/C23H29BrO4/c1-26-18-11-9-17(10-12-18)23(25)21(8-6-4-5-7-15-24)20-14-13-19(27-2)16-22(20)28-3/h9-14,16,21H,4-8,15H2,1-3H3. The molecule has 0 fully saturated rings. The maximum Gasteiger partial charge on any atom is 0.170 e. The molecule has 4 nitrogen and oxygen atoms in total. The number of carbonyl (C=O) groups is 1. The Bertz CT molecular complexity index is 743. The number of ether oxygens (including phenoxy) is 3. The lowest BCUT2D eigenvalue weighted by Crippen LogP contribution is -2.14. The van der Waals surface area contributed by atoms with Crippen LogP contribution in [0.1, 0.15) is 53.9 Å². The second-order valence-electron chi connectivity index (χ2n) is 6.65. The Kier molecular flexibility index (Phi) is 9.35. The molecule has 0 N–H and O–H groups in total. The van der Waals surface area contributed by atoms with Crippen molar-refractivity contribution in [3.63, 3.8) is 0 Å². The first-order chi connectivity index (χ1) is 13.6. The van der Waals surface area contributed by atoms with Crippen LogP contribution in [0.15, 0.2) is 42.5 Å². The summed E-state index contributed by atoms with van der Waals surface area (Å²) in [5.41, 5.74) is 1.59. The number of ketones is 1. The Morgan fingerprint density at radius 2 is 1.50 bits per heavy atom. The zero-order valence-corrected chi connectivity index (χ0v) is 18.5. The molecule has 2 rings (SSSR count). The maximum atomic E-state index is 13.4. The van der Waals surface area contributed by atoms with Crippen molar-refractivity contribution in [2.24, 2.45) is 0 Å². The van der Waals surface area contributed by atoms with Crippen molar-refractivity contribution in [1.29, 1.82) is 0 Å². The lowest BCUT2D eigenvalue weighted by atomic mass is 9.85. The van der Waals surface area contributed by atoms with E-state index in [1.54, 1.807) is 21.3 Å². The molecule has 1 atom stereocenters. The molecule has 0 radical (unpaired) electrons. The van der Waals surface area contributed by atoms with Crippen LogP contribution < -0.4 is 14.2 Å². The SMILES string of the molecule is COc1ccc(C(=O)C(CCCCCCBr)c2ccc(OC)cc2OC)cc1. The largest absolute Gasteiger partial charge is 0.497 e. The summed E-state index contributed by atoms with van der Waals surface area (Å²) in [4.78, 5) is 13.4. The van der Waals surface area contributed by atoms with Crippen LogP contribution in [0.2, 0.25) is 0 Å². The van der Waals surface area contributed by atoms with E-state index in [0.717, 1.165) is 48.7 Å². The lowest BCUT2D eigenvalue weighted by molar-refractivity contribution is 0.0952. The van der Waals surface area contributed by atoms with Gasteiger partial charge in [0.25, 0.3) is 0 Å². The Labute approximate surface area is 176 Å². The molecule has 0 amide bonds. The number of carbonyl (C=O) groups excluding carboxylic acids is 1. The van der Waals surface area contributed by atoms with Gasteiger partial charge >= 0.3 is 0 Å². The summed E-state index contributed by atoms with van der Waals surface area (Å²) in [6.45, 7) is 0. The number of benzene rings is 2. The van der Waals surface area contributed by atoms with Gasteiger partial charge in [0, 0.05) is 22.5 Å². The van der Waals surface area contributed by atoms with Gasteiger partial charge < -0.3 is 14.2 Å². The molecule has 28 heavy (non-hydrogen) atoms. The number of hydrogen-bond acceptors (Lipinski definition) is 4. The van der Waals surface area contributed by atoms with Crippen LogP contribution in [0.25, 0.3) is 0 Å². The van der Waals surface area contributed by atoms with E-state index in [9.17, 15) is 4.79 Å². The van der Waals surface area contributed by atoms with Gasteiger partial charge in [-0.25, -0.2) is 0 Å². The minimum atomic E-state index is -0.252. The number of unbranched alkanes of at least 4 members (excludes halogenated alkanes) is 3. The third-order valence-electron chi connectivity index (χ3n) is 4.88. The van der Waals surface area contributed by atoms with Gasteiger partial charge in [-0.2, -0.15) is 0 Å². The summed E-state index contributed by atoms with van der Waals surface area (Å²) in [6.07, 6.45) is 5.21. The van der Waals surface area contributed by atoms with Crippen molar-refractivity contribution < 1.29 is 19.0 Å². The van der Waals surface area contributed by atoms with Crippen molar-refractivity contribution in [3.05, 3.63) is 53.6 Å². The van der Waals surface area contributed by atoms with Gasteiger partial charge in [0.05, 0.1) is 27.2 Å². The Balaban J connectivity index is 2.29. The molecule has 0 spiro atoms. The summed E-state index contributed by atoms with van der Waals surface area (Å²) in [7, 11) is 4.87. The average Bonchev–Trinajstić information content (AvgIpc) is 2.75. The van der Waals surface area contributed by atoms with Crippen LogP contribution in [-0.4, -0.2) is 32.4 Å². The molecule has 2 aromatic rings. The van der Waals surface area contributed by atoms with Gasteiger partial charge in [0.2, 0.25) is 0 Å². The fourth-order valence-corrected chi connectivity index (χ4v) is 3.68. The van der Waals surface area contributed by atoms with E-state index in [-0.39, 0.29) is 11.7 Å². The fourth-order valence-electron chi connectivity index (χ4n) is 3.29. The number of methoxy groups -OCH3 is 3. The summed E-state index contributed by atoms with van der Waals surface area (Å²) < 4.78 is 16.1. The van der Waals surface area contributed by atoms with Gasteiger partial charge in [-0.1, -0.05) is 41.3 Å². The lowest BCUT2D eigenvalue weighted by Gasteiger charge is -2.20. The zero-order chi connectivity index (χ0) is 20.4. The third kappa shape index (κ3) is 5.99. The molecule has 0 heterocycles. The van der Waals surface area contributed by atoms with Crippen molar-refractivity contribution in [3.8, 4) is 17.2 Å². The number of alkyl halides is 1. The summed E-state index contributed by atoms with van der Waals surface area (Å²) in [5, 5.41) is 1.02. The second kappa shape index (κ2) is 11.7. The van der Waals surface area contributed by atoms with Crippen molar-refractivity contribution >= 4 is 21.7 Å². The van der Waals surface area contributed by atoms with E-state index in [2.05, 4.69) is 15.9 Å². The Morgan fingerprint density at radius 3 is 2.11 bits per heavy atom. The van der Waals surface area contributed by atoms with Crippen LogP contribution >= 0.6 is 15.9 Å². The van der Waals surface area contributed by atoms with Crippen LogP contribution in [0.3, 0.4) is 0 Å². The molecule has 2 aromatic carbocycles. The van der Waals surface area contributed by atoms with E-state index in [0.29, 0.717) is 17.1 Å². The van der Waals surface area contributed by atoms with Crippen molar-refractivity contribution in [1.82, 2.24) is 0 Å². The molecule has 152 valence electrons. The van der Waals surface area contributed by atoms with E-state index >= 15 is 0 Å². The monoisotopic (exact) mass is 448 g/mol. The topological polar surface area (TPSA) is 44.8 Å². The van der Waals surface area contributed by atoms with Crippen LogP contribution in [0, 0.1) is 0 Å². The predicted octanol–water partition coefficient (Wildman–Crippen LogP) is 6.02. The van der Waals surface area contributed by atoms with E-state index in [1.807, 2.05) is 42.5 Å². The Hall–Kier alpha value is -2.01. The molecule has 1 unspecified atom stereocenters. The molecule has 0 aliphatic carbocycles. The van der Waals surface area contributed by atoms with Gasteiger partial charge in [-0.05, 0) is 43.2 Å². The van der Waals surface area contributed by atoms with Gasteiger partial charge in [-0.15, -0.1) is 0 Å². The highest BCUT2D eigenvalue weighted by molar-refractivity contribution is 9.09. The highest BCUT2D eigenvalue weighted by Crippen LogP contribution is 2.36. The highest BCUT2D eigenvalue weighted by Gasteiger charge is 2.25. The first-order valence-electron chi connectivity index (χ1n) is 9.60. The van der Waals surface area contributed by atoms with Gasteiger partial charge in [0.1, 0.15) is 17.2 Å². The molecule has 5 heteroatoms. The van der Waals surface area contributed by atoms with Crippen molar-refractivity contribution in [2.75, 3.05) is 26.7 Å². The van der Waals surface area contributed by atoms with E-state index in [1.165, 1.54) is 0 Å². The van der Waals surface area contributed by atoms with Gasteiger partial charge in [0.15, 0.2) is 5.78 Å². The third-order valence-corrected chi connectivity index (χ3v) is 5.44. The molecule has 0 aliphatic heterocycles. The summed E-state index contributed by atoms with van der Waals surface area (Å²) in [6, 6.07) is 13.0. The molecular formula is C23H29BrO4. The van der Waals surface area contributed by atoms with Gasteiger partial charge in [-0.3, -0.25) is 4.79 Å². The molecule has 0 saturated heterocycles. The smallest absolute Gasteiger partial charge is 0.170 e. The highest BCUT2D eigenvalue weighted by atomic mass is 79.9. The average molecular weight is 449 g/mol. The Morgan fingerprint density at radius 1 is 0.857 bits per heavy atom. The number of hydrogen-bond donors (Lipinski definition) is 0. The maximum absolute atomic E-state index is 13.4. The van der Waals surface area contributed by atoms with E-state index in [4.69, 9.17) is 14.2 Å². The predicted molar refractivity (Wildman–Crippen MR) is 116 cm³/mol. The number of Topliss-reactive ketones (excluding diaryl/α,β-unsaturated/α-hetero) is 1. The first kappa shape index (κ1) is 22.3. The quantitative estimate of drug-likeness (QED) is 0.226. The van der Waals surface area contributed by atoms with E-state index < -0.39 is 0 Å². The molecule has 0 bridgehead atoms. The molecule has 0 aliphatic rings. The summed E-state index contributed by atoms with van der Waals surface area (Å²) >= 11 is 3.47. The van der Waals surface area contributed by atoms with Crippen LogP contribution in [-0.2, 0) is 0 Å². The normalized spacial score (nSPS) is 11.7. The molecular weight excluding hydrogens is 420 g/mol. The minimum absolute atomic E-state index is 0.103. The second-order valence-corrected chi connectivity index (χ2v) is 7.44. The van der Waals surface area contributed by atoms with Crippen LogP contribution in [0.5, 0.6) is 17.2 Å². The van der Waals surface area contributed by atoms with Crippen LogP contribution in [0.4, 0.5) is 0 Å². The molecule has 0 aromatic heterocycles. The number of rotatable bonds is 12. The van der Waals surface area contributed by atoms with Crippen molar-refractivity contribution in [2.45, 2.75) is 38.0 Å². The summed E-state index contributed by atoms with van der Waals surface area (Å²) in [5.74, 6) is 2.00. The number of halogens is 1. The molecule has 0 saturated carbocycles. The zero-order valence-electron chi connectivity index (χ0n) is 16.9. The fraction of sp³-hybridized carbons (Fsp3) is 0.435. The first-order valence-corrected chi connectivity index (χ1v) is 10.7. The minimum Gasteiger partial charge on any atom is -0.497 e.